The highest BCUT2D eigenvalue weighted by Crippen LogP contribution is 2.19. The molecule has 2 heteroatoms. The predicted octanol–water partition coefficient (Wildman–Crippen LogP) is 2.08. The highest BCUT2D eigenvalue weighted by atomic mass is 15.1. The summed E-state index contributed by atoms with van der Waals surface area (Å²) in [6.45, 7) is 10.2. The van der Waals surface area contributed by atoms with Gasteiger partial charge >= 0.3 is 0 Å². The summed E-state index contributed by atoms with van der Waals surface area (Å²) < 4.78 is 0. The number of H-pyrrole nitrogens is 1. The van der Waals surface area contributed by atoms with Crippen LogP contribution in [0.4, 0.5) is 0 Å². The lowest BCUT2D eigenvalue weighted by Gasteiger charge is -2.13. The summed E-state index contributed by atoms with van der Waals surface area (Å²) in [4.78, 5) is 0. The van der Waals surface area contributed by atoms with E-state index < -0.39 is 0 Å². The number of rotatable bonds is 1. The van der Waals surface area contributed by atoms with Crippen molar-refractivity contribution >= 4 is 0 Å². The molecule has 11 heavy (non-hydrogen) atoms. The Morgan fingerprint density at radius 2 is 2.18 bits per heavy atom. The van der Waals surface area contributed by atoms with Crippen molar-refractivity contribution in [2.45, 2.75) is 32.6 Å². The van der Waals surface area contributed by atoms with Crippen molar-refractivity contribution in [2.75, 3.05) is 0 Å². The minimum atomic E-state index is 0.143. The van der Waals surface area contributed by atoms with E-state index >= 15 is 0 Å². The molecule has 0 bridgehead atoms. The van der Waals surface area contributed by atoms with Crippen LogP contribution in [-0.2, 0) is 11.8 Å². The molecule has 0 aliphatic carbocycles. The number of aromatic amines is 1. The molecule has 0 amide bonds. The van der Waals surface area contributed by atoms with E-state index in [0.29, 0.717) is 0 Å². The van der Waals surface area contributed by atoms with E-state index in [2.05, 4.69) is 44.0 Å². The molecule has 1 heterocycles. The monoisotopic (exact) mass is 151 g/mol. The van der Waals surface area contributed by atoms with Crippen LogP contribution >= 0.6 is 0 Å². The molecule has 0 fully saturated rings. The van der Waals surface area contributed by atoms with Gasteiger partial charge in [-0.15, -0.1) is 0 Å². The van der Waals surface area contributed by atoms with Crippen molar-refractivity contribution < 1.29 is 0 Å². The summed E-state index contributed by atoms with van der Waals surface area (Å²) in [6.07, 6.45) is 0.781. The van der Waals surface area contributed by atoms with E-state index in [9.17, 15) is 0 Å². The molecule has 0 unspecified atom stereocenters. The molecule has 0 aliphatic heterocycles. The quantitative estimate of drug-likeness (QED) is 0.654. The van der Waals surface area contributed by atoms with E-state index in [1.54, 1.807) is 0 Å². The first-order valence-electron chi connectivity index (χ1n) is 3.88. The second kappa shape index (κ2) is 2.68. The normalized spacial score (nSPS) is 12.0. The first-order valence-corrected chi connectivity index (χ1v) is 3.88. The van der Waals surface area contributed by atoms with E-state index in [0.717, 1.165) is 17.8 Å². The van der Waals surface area contributed by atoms with Crippen LogP contribution in [0, 0.1) is 6.92 Å². The Morgan fingerprint density at radius 3 is 2.45 bits per heavy atom. The third-order valence-corrected chi connectivity index (χ3v) is 1.67. The van der Waals surface area contributed by atoms with Crippen LogP contribution in [0.5, 0.6) is 0 Å². The van der Waals surface area contributed by atoms with Crippen molar-refractivity contribution in [3.05, 3.63) is 24.4 Å². The summed E-state index contributed by atoms with van der Waals surface area (Å²) in [5, 5.41) is 7.14. The summed E-state index contributed by atoms with van der Waals surface area (Å²) in [7, 11) is 0. The van der Waals surface area contributed by atoms with Crippen LogP contribution in [0.25, 0.3) is 0 Å². The number of hydrogen-bond acceptors (Lipinski definition) is 1. The number of hydrogen-bond donors (Lipinski definition) is 1. The van der Waals surface area contributed by atoms with Gasteiger partial charge in [0.2, 0.25) is 0 Å². The SMILES string of the molecule is [CH2]Cc1cc(C(C)(C)C)n[nH]1. The molecular formula is C9H15N2. The number of nitrogens with zero attached hydrogens (tertiary/aromatic N) is 1. The summed E-state index contributed by atoms with van der Waals surface area (Å²) >= 11 is 0. The van der Waals surface area contributed by atoms with Gasteiger partial charge in [0.25, 0.3) is 0 Å². The van der Waals surface area contributed by atoms with Crippen LogP contribution in [0.2, 0.25) is 0 Å². The van der Waals surface area contributed by atoms with Crippen molar-refractivity contribution in [1.29, 1.82) is 0 Å². The van der Waals surface area contributed by atoms with Gasteiger partial charge in [-0.25, -0.2) is 0 Å². The van der Waals surface area contributed by atoms with Crippen LogP contribution in [0.15, 0.2) is 6.07 Å². The second-order valence-corrected chi connectivity index (χ2v) is 3.78. The Bertz CT molecular complexity index is 230. The number of aromatic nitrogens is 2. The van der Waals surface area contributed by atoms with E-state index in [1.807, 2.05) is 0 Å². The van der Waals surface area contributed by atoms with Crippen LogP contribution in [0.3, 0.4) is 0 Å². The van der Waals surface area contributed by atoms with E-state index in [4.69, 9.17) is 0 Å². The molecule has 61 valence electrons. The van der Waals surface area contributed by atoms with Crippen LogP contribution in [-0.4, -0.2) is 10.2 Å². The Morgan fingerprint density at radius 1 is 1.55 bits per heavy atom. The Labute approximate surface area is 68.0 Å². The minimum Gasteiger partial charge on any atom is -0.282 e. The molecule has 0 spiro atoms. The Balaban J connectivity index is 2.89. The molecular weight excluding hydrogens is 136 g/mol. The maximum absolute atomic E-state index is 4.19. The Kier molecular flexibility index (Phi) is 2.03. The number of nitrogens with one attached hydrogen (secondary N) is 1. The lowest BCUT2D eigenvalue weighted by molar-refractivity contribution is 0.567. The molecule has 0 aromatic carbocycles. The van der Waals surface area contributed by atoms with E-state index in [1.165, 1.54) is 0 Å². The van der Waals surface area contributed by atoms with E-state index in [-0.39, 0.29) is 5.41 Å². The smallest absolute Gasteiger partial charge is 0.0678 e. The van der Waals surface area contributed by atoms with Crippen molar-refractivity contribution in [3.63, 3.8) is 0 Å². The van der Waals surface area contributed by atoms with Crippen molar-refractivity contribution in [1.82, 2.24) is 10.2 Å². The topological polar surface area (TPSA) is 28.7 Å². The molecule has 1 aromatic rings. The fraction of sp³-hybridized carbons (Fsp3) is 0.556. The molecule has 0 aliphatic rings. The molecule has 0 saturated heterocycles. The maximum Gasteiger partial charge on any atom is 0.0678 e. The average molecular weight is 151 g/mol. The Hall–Kier alpha value is -0.790. The third-order valence-electron chi connectivity index (χ3n) is 1.67. The van der Waals surface area contributed by atoms with Crippen LogP contribution in [0.1, 0.15) is 32.2 Å². The van der Waals surface area contributed by atoms with Gasteiger partial charge in [0.05, 0.1) is 5.69 Å². The zero-order valence-electron chi connectivity index (χ0n) is 7.44. The van der Waals surface area contributed by atoms with Gasteiger partial charge in [0, 0.05) is 11.1 Å². The maximum atomic E-state index is 4.19. The van der Waals surface area contributed by atoms with Crippen LogP contribution < -0.4 is 0 Å². The molecule has 2 nitrogen and oxygen atoms in total. The predicted molar refractivity (Wildman–Crippen MR) is 46.3 cm³/mol. The standard InChI is InChI=1S/C9H15N2/c1-5-7-6-8(11-10-7)9(2,3)4/h6H,1,5H2,2-4H3,(H,10,11). The average Bonchev–Trinajstić information content (AvgIpc) is 2.32. The van der Waals surface area contributed by atoms with Crippen molar-refractivity contribution in [2.24, 2.45) is 0 Å². The summed E-state index contributed by atoms with van der Waals surface area (Å²) in [5.74, 6) is 0. The van der Waals surface area contributed by atoms with Gasteiger partial charge in [-0.3, -0.25) is 5.10 Å². The largest absolute Gasteiger partial charge is 0.282 e. The van der Waals surface area contributed by atoms with Gasteiger partial charge in [-0.05, 0) is 19.4 Å². The fourth-order valence-electron chi connectivity index (χ4n) is 0.874. The van der Waals surface area contributed by atoms with Gasteiger partial charge in [0.1, 0.15) is 0 Å². The second-order valence-electron chi connectivity index (χ2n) is 3.78. The molecule has 1 radical (unpaired) electrons. The molecule has 0 saturated carbocycles. The first-order chi connectivity index (χ1) is 5.04. The molecule has 1 N–H and O–H groups in total. The lowest BCUT2D eigenvalue weighted by atomic mass is 9.92. The van der Waals surface area contributed by atoms with Gasteiger partial charge in [-0.1, -0.05) is 20.8 Å². The van der Waals surface area contributed by atoms with Gasteiger partial charge in [-0.2, -0.15) is 5.10 Å². The summed E-state index contributed by atoms with van der Waals surface area (Å²) in [5.41, 5.74) is 2.36. The van der Waals surface area contributed by atoms with Gasteiger partial charge in [0.15, 0.2) is 0 Å². The zero-order valence-corrected chi connectivity index (χ0v) is 7.44. The van der Waals surface area contributed by atoms with Crippen molar-refractivity contribution in [3.8, 4) is 0 Å². The van der Waals surface area contributed by atoms with Gasteiger partial charge < -0.3 is 0 Å². The fourth-order valence-corrected chi connectivity index (χ4v) is 0.874. The highest BCUT2D eigenvalue weighted by molar-refractivity contribution is 5.16. The molecule has 1 rings (SSSR count). The molecule has 0 atom stereocenters. The minimum absolute atomic E-state index is 0.143. The first kappa shape index (κ1) is 8.31. The third kappa shape index (κ3) is 1.82. The molecule has 1 aromatic heterocycles. The zero-order chi connectivity index (χ0) is 8.48. The highest BCUT2D eigenvalue weighted by Gasteiger charge is 2.16. The lowest BCUT2D eigenvalue weighted by Crippen LogP contribution is -2.11. The summed E-state index contributed by atoms with van der Waals surface area (Å²) in [6, 6.07) is 2.08.